The van der Waals surface area contributed by atoms with Gasteiger partial charge in [0.15, 0.2) is 0 Å². The molecule has 0 spiro atoms. The third kappa shape index (κ3) is 7.61. The van der Waals surface area contributed by atoms with Gasteiger partial charge >= 0.3 is 0 Å². The smallest absolute Gasteiger partial charge is 0.148 e. The van der Waals surface area contributed by atoms with Gasteiger partial charge in [0.25, 0.3) is 0 Å². The lowest BCUT2D eigenvalue weighted by molar-refractivity contribution is 0.629. The minimum absolute atomic E-state index is 0.358. The van der Waals surface area contributed by atoms with E-state index >= 15 is 8.78 Å². The molecular formula is C66H40F2N4. The highest BCUT2D eigenvalue weighted by molar-refractivity contribution is 6.28. The Morgan fingerprint density at radius 1 is 0.319 bits per heavy atom. The molecule has 0 N–H and O–H groups in total. The number of halogens is 2. The average Bonchev–Trinajstić information content (AvgIpc) is 3.45. The van der Waals surface area contributed by atoms with E-state index in [2.05, 4.69) is 60.7 Å². The van der Waals surface area contributed by atoms with Crippen LogP contribution >= 0.6 is 0 Å². The highest BCUT2D eigenvalue weighted by Gasteiger charge is 2.28. The molecule has 0 aliphatic rings. The Morgan fingerprint density at radius 3 is 1.00 bits per heavy atom. The van der Waals surface area contributed by atoms with Gasteiger partial charge in [0.1, 0.15) is 11.6 Å². The lowest BCUT2D eigenvalue weighted by Crippen LogP contribution is -2.15. The van der Waals surface area contributed by atoms with Gasteiger partial charge in [-0.05, 0) is 140 Å². The molecule has 0 atom stereocenters. The predicted molar refractivity (Wildman–Crippen MR) is 291 cm³/mol. The van der Waals surface area contributed by atoms with Crippen molar-refractivity contribution in [2.24, 2.45) is 0 Å². The molecule has 72 heavy (non-hydrogen) atoms. The first-order chi connectivity index (χ1) is 35.4. The second-order valence-electron chi connectivity index (χ2n) is 17.8. The Balaban J connectivity index is 1.13. The fraction of sp³-hybridized carbons (Fsp3) is 0. The Bertz CT molecular complexity index is 3790. The Labute approximate surface area is 415 Å². The quantitative estimate of drug-likeness (QED) is 0.128. The van der Waals surface area contributed by atoms with Crippen LogP contribution in [0.5, 0.6) is 0 Å². The van der Waals surface area contributed by atoms with Gasteiger partial charge in [0, 0.05) is 33.3 Å². The SMILES string of the molecule is N#Cc1ccc(N(c2c(F)cc(-c3ccccc3)cc2-c2ccccc2)c2ccc3ccc4c(N(c5ccc(C#N)cc5)c5c(F)cc(-c6ccccc6)cc5-c5ccccc5)ccc5ccc2c3c54)cc1. The number of anilines is 6. The summed E-state index contributed by atoms with van der Waals surface area (Å²) in [6, 6.07) is 82.3. The highest BCUT2D eigenvalue weighted by Crippen LogP contribution is 2.52. The minimum Gasteiger partial charge on any atom is -0.307 e. The van der Waals surface area contributed by atoms with Crippen LogP contribution in [0.25, 0.3) is 76.8 Å². The van der Waals surface area contributed by atoms with Crippen LogP contribution in [0.15, 0.2) is 243 Å². The maximum absolute atomic E-state index is 17.7. The van der Waals surface area contributed by atoms with Crippen molar-refractivity contribution in [1.82, 2.24) is 0 Å². The summed E-state index contributed by atoms with van der Waals surface area (Å²) < 4.78 is 35.4. The number of benzene rings is 12. The zero-order valence-electron chi connectivity index (χ0n) is 38.6. The van der Waals surface area contributed by atoms with Gasteiger partial charge in [-0.15, -0.1) is 0 Å². The van der Waals surface area contributed by atoms with Gasteiger partial charge in [0.2, 0.25) is 0 Å². The topological polar surface area (TPSA) is 54.1 Å². The van der Waals surface area contributed by atoms with E-state index < -0.39 is 11.6 Å². The van der Waals surface area contributed by atoms with Crippen LogP contribution in [0.1, 0.15) is 11.1 Å². The van der Waals surface area contributed by atoms with E-state index in [1.54, 1.807) is 36.4 Å². The van der Waals surface area contributed by atoms with Gasteiger partial charge in [-0.2, -0.15) is 10.5 Å². The van der Waals surface area contributed by atoms with Crippen molar-refractivity contribution < 1.29 is 8.78 Å². The van der Waals surface area contributed by atoms with Crippen molar-refractivity contribution >= 4 is 66.4 Å². The summed E-state index contributed by atoms with van der Waals surface area (Å²) in [4.78, 5) is 3.94. The molecule has 0 heterocycles. The lowest BCUT2D eigenvalue weighted by Gasteiger charge is -2.31. The number of hydrogen-bond donors (Lipinski definition) is 0. The molecule has 12 aromatic rings. The van der Waals surface area contributed by atoms with E-state index in [9.17, 15) is 10.5 Å². The van der Waals surface area contributed by atoms with Crippen LogP contribution in [-0.2, 0) is 0 Å². The van der Waals surface area contributed by atoms with Crippen LogP contribution in [0.4, 0.5) is 42.9 Å². The normalized spacial score (nSPS) is 11.2. The highest BCUT2D eigenvalue weighted by atomic mass is 19.1. The standard InChI is InChI=1S/C66H40F2N4/c67-59-39-51(45-13-5-1-6-14-45)37-57(47-17-9-3-10-18-47)65(59)71(53-29-21-43(41-69)22-30-53)61-35-27-49-26-34-56-62(36-28-50-25-33-55(61)63(49)64(50)56)72(54-31-23-44(42-70)24-32-54)66-58(48-19-11-4-12-20-48)38-52(40-60(66)68)46-15-7-2-8-16-46/h1-40H. The molecule has 0 bridgehead atoms. The first-order valence-electron chi connectivity index (χ1n) is 23.7. The first-order valence-corrected chi connectivity index (χ1v) is 23.7. The second kappa shape index (κ2) is 18.2. The molecule has 0 aromatic heterocycles. The average molecular weight is 927 g/mol. The summed E-state index contributed by atoms with van der Waals surface area (Å²) in [5.74, 6) is -0.833. The van der Waals surface area contributed by atoms with E-state index in [0.29, 0.717) is 45.0 Å². The van der Waals surface area contributed by atoms with Gasteiger partial charge in [-0.3, -0.25) is 0 Å². The van der Waals surface area contributed by atoms with Crippen LogP contribution in [-0.4, -0.2) is 0 Å². The Morgan fingerprint density at radius 2 is 0.653 bits per heavy atom. The summed E-state index contributed by atoms with van der Waals surface area (Å²) in [7, 11) is 0. The third-order valence-electron chi connectivity index (χ3n) is 13.6. The fourth-order valence-electron chi connectivity index (χ4n) is 10.2. The largest absolute Gasteiger partial charge is 0.307 e. The molecular weight excluding hydrogens is 887 g/mol. The van der Waals surface area contributed by atoms with Crippen molar-refractivity contribution in [3.63, 3.8) is 0 Å². The monoisotopic (exact) mass is 926 g/mol. The molecule has 338 valence electrons. The molecule has 4 nitrogen and oxygen atoms in total. The van der Waals surface area contributed by atoms with Crippen molar-refractivity contribution in [2.45, 2.75) is 0 Å². The van der Waals surface area contributed by atoms with E-state index in [-0.39, 0.29) is 0 Å². The van der Waals surface area contributed by atoms with Crippen molar-refractivity contribution in [2.75, 3.05) is 9.80 Å². The molecule has 6 heteroatoms. The van der Waals surface area contributed by atoms with Crippen molar-refractivity contribution in [3.8, 4) is 56.6 Å². The molecule has 12 rings (SSSR count). The zero-order valence-corrected chi connectivity index (χ0v) is 38.6. The Hall–Kier alpha value is -9.88. The van der Waals surface area contributed by atoms with Gasteiger partial charge in [-0.1, -0.05) is 158 Å². The first kappa shape index (κ1) is 43.4. The van der Waals surface area contributed by atoms with Crippen LogP contribution < -0.4 is 9.80 Å². The second-order valence-corrected chi connectivity index (χ2v) is 17.8. The number of rotatable bonds is 10. The molecule has 0 unspecified atom stereocenters. The van der Waals surface area contributed by atoms with Crippen molar-refractivity contribution in [1.29, 1.82) is 10.5 Å². The van der Waals surface area contributed by atoms with Gasteiger partial charge < -0.3 is 9.80 Å². The summed E-state index contributed by atoms with van der Waals surface area (Å²) in [5.41, 5.74) is 10.8. The van der Waals surface area contributed by atoms with E-state index in [1.807, 2.05) is 168 Å². The fourth-order valence-corrected chi connectivity index (χ4v) is 10.2. The third-order valence-corrected chi connectivity index (χ3v) is 13.6. The number of hydrogen-bond acceptors (Lipinski definition) is 4. The molecule has 0 saturated carbocycles. The van der Waals surface area contributed by atoms with E-state index in [4.69, 9.17) is 0 Å². The number of nitrogens with zero attached hydrogens (tertiary/aromatic N) is 4. The molecule has 12 aromatic carbocycles. The molecule has 0 fully saturated rings. The lowest BCUT2D eigenvalue weighted by atomic mass is 9.90. The molecule has 0 radical (unpaired) electrons. The zero-order chi connectivity index (χ0) is 48.7. The van der Waals surface area contributed by atoms with E-state index in [1.165, 1.54) is 0 Å². The van der Waals surface area contributed by atoms with Gasteiger partial charge in [0.05, 0.1) is 46.0 Å². The number of nitriles is 2. The predicted octanol–water partition coefficient (Wildman–Crippen LogP) is 18.2. The maximum Gasteiger partial charge on any atom is 0.148 e. The summed E-state index contributed by atoms with van der Waals surface area (Å²) in [5, 5.41) is 25.4. The van der Waals surface area contributed by atoms with Crippen LogP contribution in [0.2, 0.25) is 0 Å². The molecule has 0 amide bonds. The summed E-state index contributed by atoms with van der Waals surface area (Å²) >= 11 is 0. The van der Waals surface area contributed by atoms with Gasteiger partial charge in [-0.25, -0.2) is 8.78 Å². The Kier molecular flexibility index (Phi) is 11.0. The molecule has 0 saturated heterocycles. The summed E-state index contributed by atoms with van der Waals surface area (Å²) in [6.45, 7) is 0. The van der Waals surface area contributed by atoms with Crippen LogP contribution in [0, 0.1) is 34.3 Å². The minimum atomic E-state index is -0.417. The summed E-state index contributed by atoms with van der Waals surface area (Å²) in [6.07, 6.45) is 0. The van der Waals surface area contributed by atoms with Crippen LogP contribution in [0.3, 0.4) is 0 Å². The van der Waals surface area contributed by atoms with Crippen molar-refractivity contribution in [3.05, 3.63) is 265 Å². The van der Waals surface area contributed by atoms with E-state index in [0.717, 1.165) is 77.1 Å². The molecule has 0 aliphatic carbocycles. The maximum atomic E-state index is 17.7. The molecule has 0 aliphatic heterocycles.